The molecule has 0 radical (unpaired) electrons. The molecule has 2 atom stereocenters. The Kier molecular flexibility index (Phi) is 12.2. The van der Waals surface area contributed by atoms with E-state index in [1.165, 1.54) is 0 Å². The van der Waals surface area contributed by atoms with E-state index in [-0.39, 0.29) is 37.4 Å². The first-order chi connectivity index (χ1) is 16.9. The van der Waals surface area contributed by atoms with Crippen LogP contribution in [0.2, 0.25) is 0 Å². The number of hydrogen-bond donors (Lipinski definition) is 3. The van der Waals surface area contributed by atoms with Crippen LogP contribution < -0.4 is 10.6 Å². The first kappa shape index (κ1) is 28.3. The summed E-state index contributed by atoms with van der Waals surface area (Å²) in [5, 5.41) is 15.6. The van der Waals surface area contributed by atoms with E-state index in [4.69, 9.17) is 4.74 Å². The Bertz CT molecular complexity index is 833. The van der Waals surface area contributed by atoms with Crippen LogP contribution in [-0.4, -0.2) is 41.6 Å². The van der Waals surface area contributed by atoms with Gasteiger partial charge in [0.05, 0.1) is 24.6 Å². The SMILES string of the molecule is C=CCCCCC(=O)O[C@H](CNC(=O)[C@H](CC=C)CC(=O)NC1(CO)CCCC1)c1ccccc1. The van der Waals surface area contributed by atoms with E-state index in [0.717, 1.165) is 44.1 Å². The van der Waals surface area contributed by atoms with E-state index in [0.29, 0.717) is 19.3 Å². The monoisotopic (exact) mass is 484 g/mol. The predicted octanol–water partition coefficient (Wildman–Crippen LogP) is 4.14. The summed E-state index contributed by atoms with van der Waals surface area (Å²) in [6.07, 6.45) is 9.30. The predicted molar refractivity (Wildman–Crippen MR) is 136 cm³/mol. The van der Waals surface area contributed by atoms with Crippen molar-refractivity contribution in [3.63, 3.8) is 0 Å². The number of rotatable bonds is 16. The minimum Gasteiger partial charge on any atom is -0.456 e. The Hall–Kier alpha value is -2.93. The van der Waals surface area contributed by atoms with Crippen molar-refractivity contribution >= 4 is 17.8 Å². The van der Waals surface area contributed by atoms with E-state index in [1.807, 2.05) is 36.4 Å². The van der Waals surface area contributed by atoms with Gasteiger partial charge in [0.2, 0.25) is 11.8 Å². The topological polar surface area (TPSA) is 105 Å². The second-order valence-electron chi connectivity index (χ2n) is 9.29. The first-order valence-corrected chi connectivity index (χ1v) is 12.6. The number of aliphatic hydroxyl groups excluding tert-OH is 1. The number of carbonyl (C=O) groups excluding carboxylic acids is 3. The fraction of sp³-hybridized carbons (Fsp3) is 0.536. The molecule has 192 valence electrons. The van der Waals surface area contributed by atoms with Gasteiger partial charge in [-0.25, -0.2) is 0 Å². The summed E-state index contributed by atoms with van der Waals surface area (Å²) in [7, 11) is 0. The summed E-state index contributed by atoms with van der Waals surface area (Å²) in [5.74, 6) is -1.47. The van der Waals surface area contributed by atoms with E-state index in [2.05, 4.69) is 23.8 Å². The van der Waals surface area contributed by atoms with Crippen molar-refractivity contribution in [1.29, 1.82) is 0 Å². The van der Waals surface area contributed by atoms with Gasteiger partial charge in [0.25, 0.3) is 0 Å². The third kappa shape index (κ3) is 9.68. The van der Waals surface area contributed by atoms with Crippen LogP contribution in [-0.2, 0) is 19.1 Å². The second kappa shape index (κ2) is 15.1. The van der Waals surface area contributed by atoms with Crippen LogP contribution in [0.4, 0.5) is 0 Å². The van der Waals surface area contributed by atoms with Crippen LogP contribution >= 0.6 is 0 Å². The summed E-state index contributed by atoms with van der Waals surface area (Å²) in [6, 6.07) is 9.29. The quantitative estimate of drug-likeness (QED) is 0.186. The van der Waals surface area contributed by atoms with Crippen molar-refractivity contribution in [1.82, 2.24) is 10.6 Å². The summed E-state index contributed by atoms with van der Waals surface area (Å²) < 4.78 is 5.70. The first-order valence-electron chi connectivity index (χ1n) is 12.6. The van der Waals surface area contributed by atoms with Crippen molar-refractivity contribution in [3.05, 3.63) is 61.2 Å². The van der Waals surface area contributed by atoms with Gasteiger partial charge in [0.15, 0.2) is 0 Å². The number of esters is 1. The fourth-order valence-electron chi connectivity index (χ4n) is 4.44. The lowest BCUT2D eigenvalue weighted by molar-refractivity contribution is -0.150. The van der Waals surface area contributed by atoms with Crippen molar-refractivity contribution in [2.45, 2.75) is 75.9 Å². The van der Waals surface area contributed by atoms with E-state index in [9.17, 15) is 19.5 Å². The Morgan fingerprint density at radius 3 is 2.43 bits per heavy atom. The summed E-state index contributed by atoms with van der Waals surface area (Å²) in [4.78, 5) is 38.1. The van der Waals surface area contributed by atoms with Gasteiger partial charge in [-0.15, -0.1) is 13.2 Å². The van der Waals surface area contributed by atoms with Crippen LogP contribution in [0, 0.1) is 5.92 Å². The van der Waals surface area contributed by atoms with Crippen molar-refractivity contribution in [2.75, 3.05) is 13.2 Å². The number of hydrogen-bond acceptors (Lipinski definition) is 5. The largest absolute Gasteiger partial charge is 0.456 e. The average molecular weight is 485 g/mol. The molecule has 7 heteroatoms. The number of aliphatic hydroxyl groups is 1. The fourth-order valence-corrected chi connectivity index (χ4v) is 4.44. The number of amides is 2. The van der Waals surface area contributed by atoms with E-state index < -0.39 is 17.6 Å². The smallest absolute Gasteiger partial charge is 0.306 e. The average Bonchev–Trinajstić information content (AvgIpc) is 3.33. The maximum Gasteiger partial charge on any atom is 0.306 e. The molecule has 0 bridgehead atoms. The van der Waals surface area contributed by atoms with Gasteiger partial charge in [0.1, 0.15) is 6.10 Å². The molecular formula is C28H40N2O5. The van der Waals surface area contributed by atoms with Crippen LogP contribution in [0.5, 0.6) is 0 Å². The number of ether oxygens (including phenoxy) is 1. The third-order valence-corrected chi connectivity index (χ3v) is 6.47. The van der Waals surface area contributed by atoms with Gasteiger partial charge >= 0.3 is 5.97 Å². The molecule has 1 aromatic rings. The summed E-state index contributed by atoms with van der Waals surface area (Å²) in [6.45, 7) is 7.41. The summed E-state index contributed by atoms with van der Waals surface area (Å²) in [5.41, 5.74) is 0.210. The highest BCUT2D eigenvalue weighted by atomic mass is 16.5. The van der Waals surface area contributed by atoms with Crippen LogP contribution in [0.1, 0.15) is 75.9 Å². The van der Waals surface area contributed by atoms with Gasteiger partial charge in [-0.1, -0.05) is 55.3 Å². The van der Waals surface area contributed by atoms with Gasteiger partial charge < -0.3 is 20.5 Å². The molecule has 0 heterocycles. The third-order valence-electron chi connectivity index (χ3n) is 6.47. The lowest BCUT2D eigenvalue weighted by Gasteiger charge is -2.29. The molecule has 7 nitrogen and oxygen atoms in total. The van der Waals surface area contributed by atoms with Crippen molar-refractivity contribution in [2.24, 2.45) is 5.92 Å². The zero-order chi connectivity index (χ0) is 25.5. The zero-order valence-corrected chi connectivity index (χ0v) is 20.7. The van der Waals surface area contributed by atoms with Crippen molar-refractivity contribution in [3.8, 4) is 0 Å². The maximum atomic E-state index is 13.0. The molecule has 2 rings (SSSR count). The van der Waals surface area contributed by atoms with Crippen LogP contribution in [0.25, 0.3) is 0 Å². The molecule has 1 aliphatic carbocycles. The Morgan fingerprint density at radius 1 is 1.09 bits per heavy atom. The Morgan fingerprint density at radius 2 is 1.80 bits per heavy atom. The number of allylic oxidation sites excluding steroid dienone is 2. The van der Waals surface area contributed by atoms with Gasteiger partial charge in [-0.2, -0.15) is 0 Å². The Balaban J connectivity index is 1.96. The molecule has 35 heavy (non-hydrogen) atoms. The molecular weight excluding hydrogens is 444 g/mol. The number of nitrogens with one attached hydrogen (secondary N) is 2. The van der Waals surface area contributed by atoms with Crippen molar-refractivity contribution < 1.29 is 24.2 Å². The minimum atomic E-state index is -0.624. The highest BCUT2D eigenvalue weighted by Gasteiger charge is 2.35. The molecule has 1 saturated carbocycles. The van der Waals surface area contributed by atoms with E-state index >= 15 is 0 Å². The second-order valence-corrected chi connectivity index (χ2v) is 9.29. The van der Waals surface area contributed by atoms with Gasteiger partial charge in [-0.3, -0.25) is 14.4 Å². The molecule has 1 fully saturated rings. The molecule has 1 aliphatic rings. The molecule has 0 spiro atoms. The maximum absolute atomic E-state index is 13.0. The van der Waals surface area contributed by atoms with Crippen LogP contribution in [0.3, 0.4) is 0 Å². The lowest BCUT2D eigenvalue weighted by atomic mass is 9.95. The molecule has 0 unspecified atom stereocenters. The number of benzene rings is 1. The summed E-state index contributed by atoms with van der Waals surface area (Å²) >= 11 is 0. The number of carbonyl (C=O) groups is 3. The van der Waals surface area contributed by atoms with E-state index in [1.54, 1.807) is 6.08 Å². The zero-order valence-electron chi connectivity index (χ0n) is 20.7. The molecule has 1 aromatic carbocycles. The minimum absolute atomic E-state index is 0.00129. The van der Waals surface area contributed by atoms with Gasteiger partial charge in [0, 0.05) is 12.8 Å². The lowest BCUT2D eigenvalue weighted by Crippen LogP contribution is -2.50. The van der Waals surface area contributed by atoms with Crippen LogP contribution in [0.15, 0.2) is 55.6 Å². The molecule has 0 saturated heterocycles. The normalized spacial score (nSPS) is 16.0. The molecule has 3 N–H and O–H groups in total. The highest BCUT2D eigenvalue weighted by Crippen LogP contribution is 2.29. The molecule has 0 aromatic heterocycles. The molecule has 0 aliphatic heterocycles. The highest BCUT2D eigenvalue weighted by molar-refractivity contribution is 5.86. The van der Waals surface area contributed by atoms with Gasteiger partial charge in [-0.05, 0) is 44.1 Å². The standard InChI is InChI=1S/C28H40N2O5/c1-3-5-6-10-16-26(33)35-24(22-14-8-7-9-15-22)20-29-27(34)23(13-4-2)19-25(32)30-28(21-31)17-11-12-18-28/h3-4,7-9,14-15,23-24,31H,1-2,5-6,10-13,16-21H2,(H,29,34)(H,30,32)/t23-,24-/m1/s1. The Labute approximate surface area is 209 Å². The number of unbranched alkanes of at least 4 members (excludes halogenated alkanes) is 2. The molecule has 2 amide bonds.